The van der Waals surface area contributed by atoms with Gasteiger partial charge in [0.2, 0.25) is 5.91 Å². The normalized spacial score (nSPS) is 12.5. The van der Waals surface area contributed by atoms with E-state index in [1.807, 2.05) is 0 Å². The number of thiocarbonyl (C=S) groups is 1. The van der Waals surface area contributed by atoms with Crippen molar-refractivity contribution in [3.63, 3.8) is 0 Å². The molecule has 0 bridgehead atoms. The van der Waals surface area contributed by atoms with Crippen LogP contribution in [0.25, 0.3) is 0 Å². The van der Waals surface area contributed by atoms with Gasteiger partial charge in [0.1, 0.15) is 0 Å². The number of benzene rings is 2. The van der Waals surface area contributed by atoms with Gasteiger partial charge >= 0.3 is 0 Å². The first-order chi connectivity index (χ1) is 13.4. The molecular weight excluding hydrogens is 384 g/mol. The second-order valence-corrected chi connectivity index (χ2v) is 6.27. The monoisotopic (exact) mass is 398 g/mol. The van der Waals surface area contributed by atoms with E-state index in [0.717, 1.165) is 4.90 Å². The average Bonchev–Trinajstić information content (AvgIpc) is 2.91. The van der Waals surface area contributed by atoms with Crippen molar-refractivity contribution in [3.05, 3.63) is 69.8 Å². The summed E-state index contributed by atoms with van der Waals surface area (Å²) in [4.78, 5) is 47.7. The Balaban J connectivity index is 1.51. The number of anilines is 1. The van der Waals surface area contributed by atoms with Gasteiger partial charge in [-0.15, -0.1) is 0 Å². The van der Waals surface area contributed by atoms with Crippen LogP contribution >= 0.6 is 12.2 Å². The summed E-state index contributed by atoms with van der Waals surface area (Å²) in [6, 6.07) is 12.0. The number of hydrogen-bond donors (Lipinski definition) is 2. The molecule has 0 aromatic heterocycles. The Bertz CT molecular complexity index is 955. The Morgan fingerprint density at radius 1 is 1.04 bits per heavy atom. The third-order valence-electron chi connectivity index (χ3n) is 4.03. The number of rotatable bonds is 5. The van der Waals surface area contributed by atoms with Crippen molar-refractivity contribution >= 4 is 46.4 Å². The molecular formula is C18H14N4O5S. The van der Waals surface area contributed by atoms with Crippen molar-refractivity contribution in [2.75, 3.05) is 11.9 Å². The topological polar surface area (TPSA) is 122 Å². The van der Waals surface area contributed by atoms with Gasteiger partial charge in [0.25, 0.3) is 17.5 Å². The Labute approximate surface area is 164 Å². The van der Waals surface area contributed by atoms with E-state index >= 15 is 0 Å². The molecule has 2 aromatic carbocycles. The number of carbonyl (C=O) groups is 3. The minimum Gasteiger partial charge on any atom is -0.332 e. The van der Waals surface area contributed by atoms with Crippen LogP contribution < -0.4 is 10.6 Å². The van der Waals surface area contributed by atoms with Crippen LogP contribution in [0.2, 0.25) is 0 Å². The lowest BCUT2D eigenvalue weighted by atomic mass is 10.1. The Kier molecular flexibility index (Phi) is 5.41. The summed E-state index contributed by atoms with van der Waals surface area (Å²) < 4.78 is 0. The van der Waals surface area contributed by atoms with Crippen LogP contribution in [-0.4, -0.2) is 39.2 Å². The zero-order valence-electron chi connectivity index (χ0n) is 14.4. The second-order valence-electron chi connectivity index (χ2n) is 5.86. The maximum absolute atomic E-state index is 12.2. The largest absolute Gasteiger partial charge is 0.332 e. The molecule has 28 heavy (non-hydrogen) atoms. The van der Waals surface area contributed by atoms with E-state index in [1.54, 1.807) is 24.3 Å². The van der Waals surface area contributed by atoms with Crippen molar-refractivity contribution in [2.45, 2.75) is 6.42 Å². The molecule has 2 aromatic rings. The number of amides is 3. The number of carbonyl (C=O) groups excluding carboxylic acids is 3. The molecule has 1 aliphatic heterocycles. The number of nitro groups is 1. The van der Waals surface area contributed by atoms with Crippen LogP contribution in [0.5, 0.6) is 0 Å². The third kappa shape index (κ3) is 4.01. The lowest BCUT2D eigenvalue weighted by Crippen LogP contribution is -2.38. The molecule has 0 atom stereocenters. The van der Waals surface area contributed by atoms with E-state index in [0.29, 0.717) is 16.8 Å². The molecule has 0 aliphatic carbocycles. The number of non-ortho nitro benzene ring substituents is 1. The summed E-state index contributed by atoms with van der Waals surface area (Å²) in [6.45, 7) is -0.0711. The Hall–Kier alpha value is -3.66. The molecule has 0 radical (unpaired) electrons. The standard InChI is InChI=1S/C18H14N4O5S/c23-15(20-18(28)19-11-5-7-12(8-6-11)22(26)27)9-10-21-16(24)13-3-1-2-4-14(13)17(21)25/h1-8H,9-10H2,(H2,19,20,23,28). The quantitative estimate of drug-likeness (QED) is 0.342. The lowest BCUT2D eigenvalue weighted by Gasteiger charge is -2.14. The molecule has 10 heteroatoms. The van der Waals surface area contributed by atoms with Gasteiger partial charge in [-0.2, -0.15) is 0 Å². The molecule has 1 heterocycles. The fraction of sp³-hybridized carbons (Fsp3) is 0.111. The van der Waals surface area contributed by atoms with Crippen LogP contribution in [0.3, 0.4) is 0 Å². The highest BCUT2D eigenvalue weighted by atomic mass is 32.1. The number of imide groups is 1. The summed E-state index contributed by atoms with van der Waals surface area (Å²) in [7, 11) is 0. The molecule has 3 amide bonds. The molecule has 0 fully saturated rings. The smallest absolute Gasteiger partial charge is 0.269 e. The number of nitro benzene ring substituents is 1. The highest BCUT2D eigenvalue weighted by Crippen LogP contribution is 2.22. The minimum absolute atomic E-state index is 0.00112. The Morgan fingerprint density at radius 2 is 1.61 bits per heavy atom. The van der Waals surface area contributed by atoms with Gasteiger partial charge in [-0.05, 0) is 36.5 Å². The van der Waals surface area contributed by atoms with E-state index in [9.17, 15) is 24.5 Å². The first-order valence-corrected chi connectivity index (χ1v) is 8.58. The molecule has 3 rings (SSSR count). The number of fused-ring (bicyclic) bond motifs is 1. The maximum Gasteiger partial charge on any atom is 0.269 e. The lowest BCUT2D eigenvalue weighted by molar-refractivity contribution is -0.384. The summed E-state index contributed by atoms with van der Waals surface area (Å²) >= 11 is 5.02. The third-order valence-corrected chi connectivity index (χ3v) is 4.23. The first-order valence-electron chi connectivity index (χ1n) is 8.17. The van der Waals surface area contributed by atoms with Gasteiger partial charge in [-0.1, -0.05) is 12.1 Å². The van der Waals surface area contributed by atoms with Crippen LogP contribution in [-0.2, 0) is 4.79 Å². The van der Waals surface area contributed by atoms with Gasteiger partial charge < -0.3 is 10.6 Å². The van der Waals surface area contributed by atoms with E-state index in [-0.39, 0.29) is 23.8 Å². The number of nitrogens with zero attached hydrogens (tertiary/aromatic N) is 2. The van der Waals surface area contributed by atoms with Crippen LogP contribution in [0.15, 0.2) is 48.5 Å². The molecule has 0 unspecified atom stereocenters. The fourth-order valence-electron chi connectivity index (χ4n) is 2.67. The van der Waals surface area contributed by atoms with Gasteiger partial charge in [-0.25, -0.2) is 0 Å². The van der Waals surface area contributed by atoms with E-state index in [1.165, 1.54) is 24.3 Å². The van der Waals surface area contributed by atoms with Gasteiger partial charge in [0.05, 0.1) is 16.1 Å². The highest BCUT2D eigenvalue weighted by molar-refractivity contribution is 7.80. The number of hydrogen-bond acceptors (Lipinski definition) is 6. The van der Waals surface area contributed by atoms with E-state index < -0.39 is 22.6 Å². The Morgan fingerprint density at radius 3 is 2.14 bits per heavy atom. The first kappa shape index (κ1) is 19.1. The average molecular weight is 398 g/mol. The summed E-state index contributed by atoms with van der Waals surface area (Å²) in [5, 5.41) is 15.8. The van der Waals surface area contributed by atoms with Crippen molar-refractivity contribution in [2.24, 2.45) is 0 Å². The molecule has 0 saturated carbocycles. The molecule has 2 N–H and O–H groups in total. The summed E-state index contributed by atoms with van der Waals surface area (Å²) in [6.07, 6.45) is -0.118. The minimum atomic E-state index is -0.525. The molecule has 9 nitrogen and oxygen atoms in total. The van der Waals surface area contributed by atoms with Crippen molar-refractivity contribution in [3.8, 4) is 0 Å². The van der Waals surface area contributed by atoms with Crippen molar-refractivity contribution in [1.29, 1.82) is 0 Å². The van der Waals surface area contributed by atoms with E-state index in [2.05, 4.69) is 10.6 Å². The summed E-state index contributed by atoms with van der Waals surface area (Å²) in [5.41, 5.74) is 1.05. The van der Waals surface area contributed by atoms with Crippen LogP contribution in [0, 0.1) is 10.1 Å². The highest BCUT2D eigenvalue weighted by Gasteiger charge is 2.34. The molecule has 0 spiro atoms. The van der Waals surface area contributed by atoms with Gasteiger partial charge in [-0.3, -0.25) is 29.4 Å². The van der Waals surface area contributed by atoms with Crippen molar-refractivity contribution in [1.82, 2.24) is 10.2 Å². The SMILES string of the molecule is O=C(CCN1C(=O)c2ccccc2C1=O)NC(=S)Nc1ccc([N+](=O)[O-])cc1. The molecule has 142 valence electrons. The van der Waals surface area contributed by atoms with Gasteiger partial charge in [0.15, 0.2) is 5.11 Å². The van der Waals surface area contributed by atoms with Gasteiger partial charge in [0, 0.05) is 30.8 Å². The zero-order valence-corrected chi connectivity index (χ0v) is 15.2. The molecule has 0 saturated heterocycles. The van der Waals surface area contributed by atoms with Crippen molar-refractivity contribution < 1.29 is 19.3 Å². The second kappa shape index (κ2) is 7.92. The number of nitrogens with one attached hydrogen (secondary N) is 2. The van der Waals surface area contributed by atoms with Crippen LogP contribution in [0.1, 0.15) is 27.1 Å². The summed E-state index contributed by atoms with van der Waals surface area (Å²) in [5.74, 6) is -1.34. The predicted molar refractivity (Wildman–Crippen MR) is 104 cm³/mol. The zero-order chi connectivity index (χ0) is 20.3. The maximum atomic E-state index is 12.2. The predicted octanol–water partition coefficient (Wildman–Crippen LogP) is 2.09. The van der Waals surface area contributed by atoms with E-state index in [4.69, 9.17) is 12.2 Å². The fourth-order valence-corrected chi connectivity index (χ4v) is 2.91. The van der Waals surface area contributed by atoms with Crippen LogP contribution in [0.4, 0.5) is 11.4 Å². The molecule has 1 aliphatic rings.